The summed E-state index contributed by atoms with van der Waals surface area (Å²) < 4.78 is 13.8. The van der Waals surface area contributed by atoms with E-state index in [0.29, 0.717) is 0 Å². The third-order valence-corrected chi connectivity index (χ3v) is 4.16. The van der Waals surface area contributed by atoms with E-state index in [9.17, 15) is 9.50 Å². The molecule has 108 valence electrons. The van der Waals surface area contributed by atoms with Crippen LogP contribution in [-0.4, -0.2) is 11.2 Å². The van der Waals surface area contributed by atoms with Crippen LogP contribution in [0.15, 0.2) is 18.2 Å². The highest BCUT2D eigenvalue weighted by Gasteiger charge is 2.30. The minimum atomic E-state index is -0.748. The number of benzene rings is 1. The molecule has 0 aromatic heterocycles. The second kappa shape index (κ2) is 7.44. The molecule has 3 N–H and O–H groups in total. The summed E-state index contributed by atoms with van der Waals surface area (Å²) in [6.07, 6.45) is 4.62. The van der Waals surface area contributed by atoms with E-state index < -0.39 is 18.0 Å². The molecule has 1 aliphatic carbocycles. The molecule has 2 rings (SSSR count). The molecular formula is C14H20Cl2FNO. The minimum Gasteiger partial charge on any atom is -0.391 e. The van der Waals surface area contributed by atoms with Crippen molar-refractivity contribution in [1.29, 1.82) is 0 Å². The molecule has 2 atom stereocenters. The Morgan fingerprint density at radius 1 is 1.26 bits per heavy atom. The molecule has 1 aromatic carbocycles. The number of hydrogen-bond acceptors (Lipinski definition) is 2. The van der Waals surface area contributed by atoms with Crippen molar-refractivity contribution in [1.82, 2.24) is 0 Å². The molecule has 0 bridgehead atoms. The van der Waals surface area contributed by atoms with Crippen molar-refractivity contribution in [2.75, 3.05) is 0 Å². The van der Waals surface area contributed by atoms with Gasteiger partial charge in [-0.15, -0.1) is 12.4 Å². The van der Waals surface area contributed by atoms with Crippen molar-refractivity contribution in [3.8, 4) is 0 Å². The van der Waals surface area contributed by atoms with Crippen molar-refractivity contribution in [3.05, 3.63) is 34.6 Å². The Bertz CT molecular complexity index is 390. The van der Waals surface area contributed by atoms with E-state index >= 15 is 0 Å². The Morgan fingerprint density at radius 2 is 1.89 bits per heavy atom. The van der Waals surface area contributed by atoms with Crippen LogP contribution < -0.4 is 5.73 Å². The van der Waals surface area contributed by atoms with Gasteiger partial charge in [0, 0.05) is 10.6 Å². The molecule has 0 aliphatic heterocycles. The average Bonchev–Trinajstić information content (AvgIpc) is 2.38. The van der Waals surface area contributed by atoms with E-state index in [1.54, 1.807) is 12.1 Å². The monoisotopic (exact) mass is 307 g/mol. The lowest BCUT2D eigenvalue weighted by molar-refractivity contribution is 0.0608. The van der Waals surface area contributed by atoms with Crippen LogP contribution in [-0.2, 0) is 0 Å². The molecule has 5 heteroatoms. The summed E-state index contributed by atoms with van der Waals surface area (Å²) in [6, 6.07) is 3.73. The number of nitrogens with two attached hydrogens (primary N) is 1. The van der Waals surface area contributed by atoms with Gasteiger partial charge in [-0.3, -0.25) is 0 Å². The quantitative estimate of drug-likeness (QED) is 0.891. The maximum atomic E-state index is 13.8. The van der Waals surface area contributed by atoms with Crippen LogP contribution in [0, 0.1) is 11.7 Å². The smallest absolute Gasteiger partial charge is 0.129 e. The zero-order valence-electron chi connectivity index (χ0n) is 10.7. The molecule has 1 aliphatic rings. The van der Waals surface area contributed by atoms with E-state index in [1.165, 1.54) is 12.5 Å². The lowest BCUT2D eigenvalue weighted by Gasteiger charge is -2.31. The second-order valence-corrected chi connectivity index (χ2v) is 5.46. The molecule has 0 unspecified atom stereocenters. The van der Waals surface area contributed by atoms with Gasteiger partial charge >= 0.3 is 0 Å². The van der Waals surface area contributed by atoms with Gasteiger partial charge in [0.15, 0.2) is 0 Å². The van der Waals surface area contributed by atoms with Gasteiger partial charge < -0.3 is 10.8 Å². The standard InChI is InChI=1S/C14H19ClFNO.ClH/c15-10-7-4-8-11(16)12(10)13(17)14(18)9-5-2-1-3-6-9;/h4,7-9,13-14,18H,1-3,5-6,17H2;1H/t13-,14+;/m0./s1. The van der Waals surface area contributed by atoms with Crippen LogP contribution in [0.2, 0.25) is 5.02 Å². The maximum Gasteiger partial charge on any atom is 0.129 e. The normalized spacial score (nSPS) is 19.6. The van der Waals surface area contributed by atoms with Crippen LogP contribution in [0.5, 0.6) is 0 Å². The molecule has 1 aromatic rings. The number of aliphatic hydroxyl groups excluding tert-OH is 1. The molecule has 0 amide bonds. The Morgan fingerprint density at radius 3 is 2.47 bits per heavy atom. The summed E-state index contributed by atoms with van der Waals surface area (Å²) in [6.45, 7) is 0. The first kappa shape index (κ1) is 16.7. The highest BCUT2D eigenvalue weighted by atomic mass is 35.5. The van der Waals surface area contributed by atoms with E-state index in [2.05, 4.69) is 0 Å². The Balaban J connectivity index is 0.00000180. The fourth-order valence-corrected chi connectivity index (χ4v) is 3.06. The van der Waals surface area contributed by atoms with Gasteiger partial charge in [0.25, 0.3) is 0 Å². The fourth-order valence-electron chi connectivity index (χ4n) is 2.77. The van der Waals surface area contributed by atoms with Gasteiger partial charge in [-0.05, 0) is 30.9 Å². The molecule has 0 radical (unpaired) electrons. The van der Waals surface area contributed by atoms with Crippen molar-refractivity contribution in [2.45, 2.75) is 44.2 Å². The number of rotatable bonds is 3. The Labute approximate surface area is 124 Å². The van der Waals surface area contributed by atoms with Gasteiger partial charge in [0.2, 0.25) is 0 Å². The van der Waals surface area contributed by atoms with Crippen LogP contribution in [0.3, 0.4) is 0 Å². The second-order valence-electron chi connectivity index (χ2n) is 5.05. The first-order valence-corrected chi connectivity index (χ1v) is 6.86. The first-order chi connectivity index (χ1) is 8.61. The third-order valence-electron chi connectivity index (χ3n) is 3.83. The van der Waals surface area contributed by atoms with E-state index in [0.717, 1.165) is 25.7 Å². The van der Waals surface area contributed by atoms with Gasteiger partial charge in [0.05, 0.1) is 12.1 Å². The zero-order valence-corrected chi connectivity index (χ0v) is 12.3. The molecule has 19 heavy (non-hydrogen) atoms. The number of hydrogen-bond donors (Lipinski definition) is 2. The third kappa shape index (κ3) is 3.82. The van der Waals surface area contributed by atoms with Gasteiger partial charge in [-0.1, -0.05) is 36.9 Å². The van der Waals surface area contributed by atoms with Crippen molar-refractivity contribution >= 4 is 24.0 Å². The van der Waals surface area contributed by atoms with Crippen molar-refractivity contribution < 1.29 is 9.50 Å². The lowest BCUT2D eigenvalue weighted by atomic mass is 9.81. The summed E-state index contributed by atoms with van der Waals surface area (Å²) in [4.78, 5) is 0. The Kier molecular flexibility index (Phi) is 6.54. The first-order valence-electron chi connectivity index (χ1n) is 6.49. The maximum absolute atomic E-state index is 13.8. The average molecular weight is 308 g/mol. The lowest BCUT2D eigenvalue weighted by Crippen LogP contribution is -2.35. The topological polar surface area (TPSA) is 46.2 Å². The molecule has 0 saturated heterocycles. The number of aliphatic hydroxyl groups is 1. The van der Waals surface area contributed by atoms with Gasteiger partial charge in [-0.2, -0.15) is 0 Å². The zero-order chi connectivity index (χ0) is 13.1. The van der Waals surface area contributed by atoms with Crippen LogP contribution >= 0.6 is 24.0 Å². The fraction of sp³-hybridized carbons (Fsp3) is 0.571. The summed E-state index contributed by atoms with van der Waals surface area (Å²) in [5.74, 6) is -0.283. The highest BCUT2D eigenvalue weighted by Crippen LogP contribution is 2.34. The summed E-state index contributed by atoms with van der Waals surface area (Å²) in [5.41, 5.74) is 6.23. The van der Waals surface area contributed by atoms with E-state index in [-0.39, 0.29) is 28.9 Å². The SMILES string of the molecule is Cl.N[C@@H](c1c(F)cccc1Cl)[C@H](O)C1CCCCC1. The van der Waals surface area contributed by atoms with Crippen molar-refractivity contribution in [2.24, 2.45) is 11.7 Å². The largest absolute Gasteiger partial charge is 0.391 e. The van der Waals surface area contributed by atoms with Crippen LogP contribution in [0.1, 0.15) is 43.7 Å². The highest BCUT2D eigenvalue weighted by molar-refractivity contribution is 6.31. The molecular weight excluding hydrogens is 288 g/mol. The molecule has 1 fully saturated rings. The van der Waals surface area contributed by atoms with Crippen LogP contribution in [0.25, 0.3) is 0 Å². The summed E-state index contributed by atoms with van der Waals surface area (Å²) >= 11 is 5.98. The predicted octanol–water partition coefficient (Wildman–Crippen LogP) is 3.84. The summed E-state index contributed by atoms with van der Waals surface area (Å²) in [5, 5.41) is 10.6. The van der Waals surface area contributed by atoms with E-state index in [1.807, 2.05) is 0 Å². The molecule has 1 saturated carbocycles. The van der Waals surface area contributed by atoms with Crippen LogP contribution in [0.4, 0.5) is 4.39 Å². The predicted molar refractivity (Wildman–Crippen MR) is 78.2 cm³/mol. The van der Waals surface area contributed by atoms with Gasteiger partial charge in [-0.25, -0.2) is 4.39 Å². The minimum absolute atomic E-state index is 0. The van der Waals surface area contributed by atoms with Crippen molar-refractivity contribution in [3.63, 3.8) is 0 Å². The Hall–Kier alpha value is -0.350. The molecule has 0 heterocycles. The molecule has 0 spiro atoms. The summed E-state index contributed by atoms with van der Waals surface area (Å²) in [7, 11) is 0. The number of halogens is 3. The molecule has 2 nitrogen and oxygen atoms in total. The van der Waals surface area contributed by atoms with Gasteiger partial charge in [0.1, 0.15) is 5.82 Å². The van der Waals surface area contributed by atoms with E-state index in [4.69, 9.17) is 17.3 Å².